The van der Waals surface area contributed by atoms with E-state index in [0.717, 1.165) is 0 Å². The molecule has 2 rings (SSSR count). The molecule has 7 heteroatoms. The van der Waals surface area contributed by atoms with Gasteiger partial charge in [-0.25, -0.2) is 9.97 Å². The van der Waals surface area contributed by atoms with E-state index in [2.05, 4.69) is 9.97 Å². The number of anilines is 1. The fourth-order valence-corrected chi connectivity index (χ4v) is 2.01. The zero-order chi connectivity index (χ0) is 15.6. The Morgan fingerprint density at radius 2 is 1.95 bits per heavy atom. The maximum atomic E-state index is 11.3. The Hall–Kier alpha value is -2.70. The molecule has 1 aromatic heterocycles. The van der Waals surface area contributed by atoms with Crippen LogP contribution in [0.1, 0.15) is 19.5 Å². The molecule has 0 aliphatic rings. The molecular weight excluding hydrogens is 272 g/mol. The van der Waals surface area contributed by atoms with Crippen molar-refractivity contribution < 1.29 is 9.66 Å². The van der Waals surface area contributed by atoms with Gasteiger partial charge in [-0.15, -0.1) is 0 Å². The van der Waals surface area contributed by atoms with Crippen molar-refractivity contribution in [2.75, 3.05) is 5.73 Å². The van der Waals surface area contributed by atoms with E-state index in [4.69, 9.17) is 10.5 Å². The molecule has 0 amide bonds. The normalized spacial score (nSPS) is 10.7. The van der Waals surface area contributed by atoms with E-state index in [1.165, 1.54) is 6.92 Å². The lowest BCUT2D eigenvalue weighted by molar-refractivity contribution is -0.385. The number of aryl methyl sites for hydroxylation is 1. The van der Waals surface area contributed by atoms with Crippen LogP contribution in [0.5, 0.6) is 5.75 Å². The van der Waals surface area contributed by atoms with Crippen molar-refractivity contribution in [2.24, 2.45) is 0 Å². The molecule has 0 aliphatic heterocycles. The zero-order valence-electron chi connectivity index (χ0n) is 12.0. The number of para-hydroxylation sites is 1. The van der Waals surface area contributed by atoms with Crippen LogP contribution in [0.25, 0.3) is 11.3 Å². The summed E-state index contributed by atoms with van der Waals surface area (Å²) in [7, 11) is 0. The molecule has 0 bridgehead atoms. The van der Waals surface area contributed by atoms with Crippen molar-refractivity contribution in [3.05, 3.63) is 40.1 Å². The Kier molecular flexibility index (Phi) is 4.02. The minimum atomic E-state index is -0.504. The van der Waals surface area contributed by atoms with Crippen molar-refractivity contribution in [1.82, 2.24) is 9.97 Å². The van der Waals surface area contributed by atoms with Gasteiger partial charge in [-0.2, -0.15) is 0 Å². The number of hydrogen-bond acceptors (Lipinski definition) is 6. The van der Waals surface area contributed by atoms with Gasteiger partial charge in [0.05, 0.1) is 11.0 Å². The summed E-state index contributed by atoms with van der Waals surface area (Å²) in [6.07, 6.45) is -0.0644. The molecule has 2 aromatic rings. The molecule has 0 saturated carbocycles. The second-order valence-electron chi connectivity index (χ2n) is 4.78. The first-order valence-corrected chi connectivity index (χ1v) is 6.44. The van der Waals surface area contributed by atoms with Gasteiger partial charge < -0.3 is 10.5 Å². The van der Waals surface area contributed by atoms with Gasteiger partial charge in [0, 0.05) is 5.56 Å². The lowest BCUT2D eigenvalue weighted by Gasteiger charge is -2.14. The summed E-state index contributed by atoms with van der Waals surface area (Å²) in [6, 6.07) is 7.02. The number of rotatable bonds is 4. The topological polar surface area (TPSA) is 104 Å². The van der Waals surface area contributed by atoms with E-state index in [1.807, 2.05) is 13.8 Å². The summed E-state index contributed by atoms with van der Waals surface area (Å²) in [4.78, 5) is 18.7. The van der Waals surface area contributed by atoms with Crippen LogP contribution in [0, 0.1) is 17.0 Å². The molecule has 1 heterocycles. The molecule has 1 aromatic carbocycles. The summed E-state index contributed by atoms with van der Waals surface area (Å²) >= 11 is 0. The lowest BCUT2D eigenvalue weighted by atomic mass is 10.1. The van der Waals surface area contributed by atoms with Gasteiger partial charge in [-0.3, -0.25) is 10.1 Å². The van der Waals surface area contributed by atoms with Crippen LogP contribution in [-0.4, -0.2) is 21.0 Å². The monoisotopic (exact) mass is 288 g/mol. The molecule has 0 unspecified atom stereocenters. The van der Waals surface area contributed by atoms with Crippen molar-refractivity contribution in [2.45, 2.75) is 26.9 Å². The minimum absolute atomic E-state index is 0.00699. The van der Waals surface area contributed by atoms with Crippen LogP contribution in [0.2, 0.25) is 0 Å². The van der Waals surface area contributed by atoms with Crippen molar-refractivity contribution in [3.63, 3.8) is 0 Å². The second-order valence-corrected chi connectivity index (χ2v) is 4.78. The highest BCUT2D eigenvalue weighted by Crippen LogP contribution is 2.36. The standard InChI is InChI=1S/C14H16N4O3/c1-8(2)21-11-7-5-4-6-10(11)12-13(18(19)20)9(3)16-14(15)17-12/h4-8H,1-3H3,(H2,15,16,17). The first-order chi connectivity index (χ1) is 9.90. The average molecular weight is 288 g/mol. The fourth-order valence-electron chi connectivity index (χ4n) is 2.01. The highest BCUT2D eigenvalue weighted by molar-refractivity contribution is 5.76. The van der Waals surface area contributed by atoms with Crippen LogP contribution in [-0.2, 0) is 0 Å². The third-order valence-corrected chi connectivity index (χ3v) is 2.76. The number of aromatic nitrogens is 2. The molecule has 2 N–H and O–H groups in total. The molecule has 110 valence electrons. The van der Waals surface area contributed by atoms with Crippen molar-refractivity contribution in [3.8, 4) is 17.0 Å². The third kappa shape index (κ3) is 3.07. The number of benzene rings is 1. The van der Waals surface area contributed by atoms with E-state index < -0.39 is 4.92 Å². The van der Waals surface area contributed by atoms with Gasteiger partial charge in [-0.05, 0) is 32.9 Å². The van der Waals surface area contributed by atoms with Crippen LogP contribution in [0.15, 0.2) is 24.3 Å². The summed E-state index contributed by atoms with van der Waals surface area (Å²) in [6.45, 7) is 5.29. The molecule has 0 saturated heterocycles. The van der Waals surface area contributed by atoms with E-state index in [0.29, 0.717) is 11.3 Å². The Labute approximate surface area is 121 Å². The molecule has 7 nitrogen and oxygen atoms in total. The number of nitrogens with zero attached hydrogens (tertiary/aromatic N) is 3. The average Bonchev–Trinajstić information content (AvgIpc) is 2.37. The van der Waals surface area contributed by atoms with E-state index in [-0.39, 0.29) is 29.1 Å². The zero-order valence-corrected chi connectivity index (χ0v) is 12.0. The summed E-state index contributed by atoms with van der Waals surface area (Å²) in [5.41, 5.74) is 6.38. The minimum Gasteiger partial charge on any atom is -0.490 e. The molecule has 0 aliphatic carbocycles. The second kappa shape index (κ2) is 5.74. The van der Waals surface area contributed by atoms with E-state index >= 15 is 0 Å². The summed E-state index contributed by atoms with van der Waals surface area (Å²) in [5.74, 6) is 0.514. The van der Waals surface area contributed by atoms with E-state index in [1.54, 1.807) is 24.3 Å². The van der Waals surface area contributed by atoms with Crippen molar-refractivity contribution in [1.29, 1.82) is 0 Å². The SMILES string of the molecule is Cc1nc(N)nc(-c2ccccc2OC(C)C)c1[N+](=O)[O-]. The lowest BCUT2D eigenvalue weighted by Crippen LogP contribution is -2.08. The Bertz CT molecular complexity index is 686. The number of ether oxygens (including phenoxy) is 1. The fraction of sp³-hybridized carbons (Fsp3) is 0.286. The number of nitro groups is 1. The van der Waals surface area contributed by atoms with E-state index in [9.17, 15) is 10.1 Å². The third-order valence-electron chi connectivity index (χ3n) is 2.76. The predicted molar refractivity (Wildman–Crippen MR) is 79.0 cm³/mol. The number of hydrogen-bond donors (Lipinski definition) is 1. The molecule has 0 spiro atoms. The highest BCUT2D eigenvalue weighted by atomic mass is 16.6. The first-order valence-electron chi connectivity index (χ1n) is 6.44. The smallest absolute Gasteiger partial charge is 0.316 e. The number of nitrogen functional groups attached to an aromatic ring is 1. The van der Waals surface area contributed by atoms with Gasteiger partial charge in [0.15, 0.2) is 5.69 Å². The number of nitrogens with two attached hydrogens (primary N) is 1. The highest BCUT2D eigenvalue weighted by Gasteiger charge is 2.25. The largest absolute Gasteiger partial charge is 0.490 e. The van der Waals surface area contributed by atoms with Gasteiger partial charge in [0.2, 0.25) is 5.95 Å². The van der Waals surface area contributed by atoms with Gasteiger partial charge in [0.1, 0.15) is 11.4 Å². The molecule has 0 fully saturated rings. The van der Waals surface area contributed by atoms with Crippen LogP contribution in [0.4, 0.5) is 11.6 Å². The molecule has 21 heavy (non-hydrogen) atoms. The summed E-state index contributed by atoms with van der Waals surface area (Å²) < 4.78 is 5.69. The Morgan fingerprint density at radius 3 is 2.57 bits per heavy atom. The Balaban J connectivity index is 2.70. The predicted octanol–water partition coefficient (Wildman–Crippen LogP) is 2.73. The quantitative estimate of drug-likeness (QED) is 0.685. The molecule has 0 radical (unpaired) electrons. The van der Waals surface area contributed by atoms with Crippen LogP contribution < -0.4 is 10.5 Å². The first kappa shape index (κ1) is 14.7. The van der Waals surface area contributed by atoms with Crippen molar-refractivity contribution >= 4 is 11.6 Å². The summed E-state index contributed by atoms with van der Waals surface area (Å²) in [5, 5.41) is 11.3. The Morgan fingerprint density at radius 1 is 1.29 bits per heavy atom. The molecular formula is C14H16N4O3. The van der Waals surface area contributed by atoms with Gasteiger partial charge in [0.25, 0.3) is 0 Å². The van der Waals surface area contributed by atoms with Crippen LogP contribution in [0.3, 0.4) is 0 Å². The maximum Gasteiger partial charge on any atom is 0.316 e. The van der Waals surface area contributed by atoms with Gasteiger partial charge in [-0.1, -0.05) is 12.1 Å². The van der Waals surface area contributed by atoms with Crippen LogP contribution >= 0.6 is 0 Å². The van der Waals surface area contributed by atoms with Gasteiger partial charge >= 0.3 is 5.69 Å². The maximum absolute atomic E-state index is 11.3. The molecule has 0 atom stereocenters.